The fourth-order valence-electron chi connectivity index (χ4n) is 3.04. The first kappa shape index (κ1) is 17.7. The summed E-state index contributed by atoms with van der Waals surface area (Å²) in [4.78, 5) is 16.0. The minimum atomic E-state index is -0.805. The van der Waals surface area contributed by atoms with E-state index in [2.05, 4.69) is 20.5 Å². The maximum atomic E-state index is 14.0. The van der Waals surface area contributed by atoms with Crippen LogP contribution < -0.4 is 11.1 Å². The van der Waals surface area contributed by atoms with Crippen LogP contribution in [-0.4, -0.2) is 30.5 Å². The van der Waals surface area contributed by atoms with E-state index < -0.39 is 11.7 Å². The summed E-state index contributed by atoms with van der Waals surface area (Å²) in [7, 11) is 0. The number of aryl methyl sites for hydroxylation is 1. The molecule has 0 aliphatic heterocycles. The highest BCUT2D eigenvalue weighted by Crippen LogP contribution is 2.21. The highest BCUT2D eigenvalue weighted by atomic mass is 19.1. The summed E-state index contributed by atoms with van der Waals surface area (Å²) in [5.41, 5.74) is 6.47. The molecule has 3 aromatic heterocycles. The first-order chi connectivity index (χ1) is 13.5. The normalized spacial score (nSPS) is 11.1. The maximum absolute atomic E-state index is 14.0. The number of nitrogens with zero attached hydrogens (tertiary/aromatic N) is 5. The van der Waals surface area contributed by atoms with Crippen LogP contribution in [0.15, 0.2) is 48.9 Å². The van der Waals surface area contributed by atoms with E-state index in [1.165, 1.54) is 6.07 Å². The van der Waals surface area contributed by atoms with Crippen LogP contribution in [0.4, 0.5) is 16.0 Å². The molecular formula is C19H18FN7O. The number of carbonyl (C=O) groups excluding carboxylic acids is 1. The van der Waals surface area contributed by atoms with Crippen LogP contribution >= 0.6 is 0 Å². The fourth-order valence-corrected chi connectivity index (χ4v) is 3.04. The SMILES string of the molecule is CCn1ccc(Nc2cc3c(cn2)cnn3Cc2cccc(F)c2C(N)=O)n1. The number of nitrogens with one attached hydrogen (secondary N) is 1. The Hall–Kier alpha value is -3.75. The van der Waals surface area contributed by atoms with E-state index in [0.29, 0.717) is 17.2 Å². The molecule has 0 atom stereocenters. The molecular weight excluding hydrogens is 361 g/mol. The molecule has 3 N–H and O–H groups in total. The topological polar surface area (TPSA) is 104 Å². The van der Waals surface area contributed by atoms with Gasteiger partial charge in [0.15, 0.2) is 5.82 Å². The molecule has 0 spiro atoms. The molecule has 4 rings (SSSR count). The summed E-state index contributed by atoms with van der Waals surface area (Å²) in [6.45, 7) is 2.98. The van der Waals surface area contributed by atoms with Gasteiger partial charge < -0.3 is 11.1 Å². The summed E-state index contributed by atoms with van der Waals surface area (Å²) >= 11 is 0. The zero-order valence-electron chi connectivity index (χ0n) is 15.1. The van der Waals surface area contributed by atoms with Crippen LogP contribution in [-0.2, 0) is 13.1 Å². The number of hydrogen-bond donors (Lipinski definition) is 2. The van der Waals surface area contributed by atoms with Gasteiger partial charge >= 0.3 is 0 Å². The lowest BCUT2D eigenvalue weighted by Crippen LogP contribution is -2.17. The van der Waals surface area contributed by atoms with Gasteiger partial charge in [0.2, 0.25) is 0 Å². The third-order valence-corrected chi connectivity index (χ3v) is 4.41. The second-order valence-corrected chi connectivity index (χ2v) is 6.25. The number of primary amides is 1. The first-order valence-corrected chi connectivity index (χ1v) is 8.74. The molecule has 0 unspecified atom stereocenters. The first-order valence-electron chi connectivity index (χ1n) is 8.74. The molecule has 8 nitrogen and oxygen atoms in total. The molecule has 0 saturated heterocycles. The number of benzene rings is 1. The van der Waals surface area contributed by atoms with Crippen LogP contribution in [0.25, 0.3) is 10.9 Å². The summed E-state index contributed by atoms with van der Waals surface area (Å²) in [6.07, 6.45) is 5.24. The number of pyridine rings is 1. The van der Waals surface area contributed by atoms with Crippen molar-refractivity contribution in [2.24, 2.45) is 5.73 Å². The predicted molar refractivity (Wildman–Crippen MR) is 103 cm³/mol. The van der Waals surface area contributed by atoms with E-state index in [1.807, 2.05) is 25.3 Å². The van der Waals surface area contributed by atoms with Gasteiger partial charge in [0, 0.05) is 36.5 Å². The number of rotatable bonds is 6. The molecule has 9 heteroatoms. The lowest BCUT2D eigenvalue weighted by molar-refractivity contribution is 0.0995. The Balaban J connectivity index is 1.67. The zero-order valence-corrected chi connectivity index (χ0v) is 15.1. The predicted octanol–water partition coefficient (Wildman–Crippen LogP) is 2.68. The van der Waals surface area contributed by atoms with E-state index >= 15 is 0 Å². The van der Waals surface area contributed by atoms with Gasteiger partial charge in [-0.3, -0.25) is 14.2 Å². The number of anilines is 2. The summed E-state index contributed by atoms with van der Waals surface area (Å²) in [6, 6.07) is 8.11. The van der Waals surface area contributed by atoms with Gasteiger partial charge in [-0.05, 0) is 18.6 Å². The second-order valence-electron chi connectivity index (χ2n) is 6.25. The number of nitrogens with two attached hydrogens (primary N) is 1. The molecule has 4 aromatic rings. The minimum absolute atomic E-state index is 0.122. The summed E-state index contributed by atoms with van der Waals surface area (Å²) in [5, 5.41) is 12.7. The molecule has 28 heavy (non-hydrogen) atoms. The van der Waals surface area contributed by atoms with Crippen molar-refractivity contribution in [3.63, 3.8) is 0 Å². The maximum Gasteiger partial charge on any atom is 0.252 e. The number of amides is 1. The monoisotopic (exact) mass is 379 g/mol. The van der Waals surface area contributed by atoms with Crippen molar-refractivity contribution in [2.75, 3.05) is 5.32 Å². The lowest BCUT2D eigenvalue weighted by Gasteiger charge is -2.09. The van der Waals surface area contributed by atoms with Crippen LogP contribution in [0.3, 0.4) is 0 Å². The van der Waals surface area contributed by atoms with Gasteiger partial charge in [0.05, 0.1) is 23.8 Å². The van der Waals surface area contributed by atoms with Gasteiger partial charge in [-0.15, -0.1) is 0 Å². The quantitative estimate of drug-likeness (QED) is 0.536. The Morgan fingerprint density at radius 1 is 1.25 bits per heavy atom. The molecule has 1 aromatic carbocycles. The molecule has 0 radical (unpaired) electrons. The van der Waals surface area contributed by atoms with E-state index in [4.69, 9.17) is 5.73 Å². The van der Waals surface area contributed by atoms with Crippen molar-refractivity contribution in [2.45, 2.75) is 20.0 Å². The van der Waals surface area contributed by atoms with Crippen LogP contribution in [0.5, 0.6) is 0 Å². The van der Waals surface area contributed by atoms with E-state index in [-0.39, 0.29) is 12.1 Å². The summed E-state index contributed by atoms with van der Waals surface area (Å²) in [5.74, 6) is -0.164. The molecule has 142 valence electrons. The Morgan fingerprint density at radius 2 is 2.11 bits per heavy atom. The van der Waals surface area contributed by atoms with Crippen LogP contribution in [0.2, 0.25) is 0 Å². The number of halogens is 1. The highest BCUT2D eigenvalue weighted by molar-refractivity contribution is 5.94. The van der Waals surface area contributed by atoms with Crippen molar-refractivity contribution >= 4 is 28.4 Å². The molecule has 3 heterocycles. The standard InChI is InChI=1S/C19H18FN7O/c1-2-26-7-6-16(25-26)24-17-8-15-13(9-22-17)10-23-27(15)11-12-4-3-5-14(20)18(12)19(21)28/h3-10H,2,11H2,1H3,(H2,21,28)(H,22,24,25). The Kier molecular flexibility index (Phi) is 4.48. The van der Waals surface area contributed by atoms with Crippen LogP contribution in [0, 0.1) is 5.82 Å². The smallest absolute Gasteiger partial charge is 0.252 e. The molecule has 0 aliphatic rings. The van der Waals surface area contributed by atoms with Crippen molar-refractivity contribution in [1.29, 1.82) is 0 Å². The number of aromatic nitrogens is 5. The Labute approximate surface area is 159 Å². The minimum Gasteiger partial charge on any atom is -0.365 e. The van der Waals surface area contributed by atoms with E-state index in [0.717, 1.165) is 17.4 Å². The molecule has 0 saturated carbocycles. The van der Waals surface area contributed by atoms with Crippen molar-refractivity contribution in [1.82, 2.24) is 24.5 Å². The van der Waals surface area contributed by atoms with Crippen LogP contribution in [0.1, 0.15) is 22.8 Å². The van der Waals surface area contributed by atoms with Gasteiger partial charge in [-0.1, -0.05) is 12.1 Å². The van der Waals surface area contributed by atoms with Crippen molar-refractivity contribution in [3.05, 3.63) is 65.9 Å². The third-order valence-electron chi connectivity index (χ3n) is 4.41. The lowest BCUT2D eigenvalue weighted by atomic mass is 10.1. The zero-order chi connectivity index (χ0) is 19.7. The molecule has 0 aliphatic carbocycles. The Morgan fingerprint density at radius 3 is 2.86 bits per heavy atom. The number of hydrogen-bond acceptors (Lipinski definition) is 5. The van der Waals surface area contributed by atoms with Gasteiger partial charge in [0.1, 0.15) is 11.6 Å². The number of carbonyl (C=O) groups is 1. The van der Waals surface area contributed by atoms with Crippen molar-refractivity contribution in [3.8, 4) is 0 Å². The van der Waals surface area contributed by atoms with Gasteiger partial charge in [-0.25, -0.2) is 9.37 Å². The van der Waals surface area contributed by atoms with Crippen molar-refractivity contribution < 1.29 is 9.18 Å². The average Bonchev–Trinajstić information content (AvgIpc) is 3.28. The number of fused-ring (bicyclic) bond motifs is 1. The highest BCUT2D eigenvalue weighted by Gasteiger charge is 2.15. The third kappa shape index (κ3) is 3.29. The Bertz CT molecular complexity index is 1160. The summed E-state index contributed by atoms with van der Waals surface area (Å²) < 4.78 is 17.5. The molecule has 0 bridgehead atoms. The molecule has 1 amide bonds. The molecule has 0 fully saturated rings. The second kappa shape index (κ2) is 7.10. The largest absolute Gasteiger partial charge is 0.365 e. The van der Waals surface area contributed by atoms with E-state index in [1.54, 1.807) is 33.9 Å². The average molecular weight is 379 g/mol. The van der Waals surface area contributed by atoms with Gasteiger partial charge in [0.25, 0.3) is 5.91 Å². The van der Waals surface area contributed by atoms with E-state index in [9.17, 15) is 9.18 Å². The van der Waals surface area contributed by atoms with Gasteiger partial charge in [-0.2, -0.15) is 10.2 Å². The fraction of sp³-hybridized carbons (Fsp3) is 0.158.